The number of piperazine rings is 1. The number of carbonyl (C=O) groups excluding carboxylic acids is 1. The Labute approximate surface area is 183 Å². The van der Waals surface area contributed by atoms with Gasteiger partial charge in [-0.3, -0.25) is 14.4 Å². The Morgan fingerprint density at radius 3 is 2.53 bits per heavy atom. The molecule has 0 atom stereocenters. The van der Waals surface area contributed by atoms with Crippen molar-refractivity contribution in [1.82, 2.24) is 19.6 Å². The fraction of sp³-hybridized carbons (Fsp3) is 0.545. The molecule has 1 amide bonds. The zero-order valence-corrected chi connectivity index (χ0v) is 17.6. The third-order valence-corrected chi connectivity index (χ3v) is 6.20. The van der Waals surface area contributed by atoms with E-state index >= 15 is 0 Å². The summed E-state index contributed by atoms with van der Waals surface area (Å²) in [5.74, 6) is 1.61. The Hall–Kier alpha value is -2.75. The molecule has 1 aliphatic carbocycles. The number of aromatic nitrogens is 2. The normalized spacial score (nSPS) is 18.9. The minimum absolute atomic E-state index is 0.0430. The Morgan fingerprint density at radius 1 is 1.06 bits per heavy atom. The van der Waals surface area contributed by atoms with Gasteiger partial charge < -0.3 is 14.4 Å². The maximum atomic E-state index is 13.0. The number of rotatable bonds is 6. The van der Waals surface area contributed by atoms with E-state index in [-0.39, 0.29) is 31.6 Å². The predicted molar refractivity (Wildman–Crippen MR) is 108 cm³/mol. The lowest BCUT2D eigenvalue weighted by atomic mass is 10.1. The fourth-order valence-corrected chi connectivity index (χ4v) is 4.27. The van der Waals surface area contributed by atoms with E-state index in [1.807, 2.05) is 18.2 Å². The third kappa shape index (κ3) is 4.55. The highest BCUT2D eigenvalue weighted by atomic mass is 19.4. The molecule has 0 bridgehead atoms. The summed E-state index contributed by atoms with van der Waals surface area (Å²) in [7, 11) is 0. The van der Waals surface area contributed by atoms with E-state index in [0.717, 1.165) is 55.6 Å². The van der Waals surface area contributed by atoms with Gasteiger partial charge >= 0.3 is 6.18 Å². The average Bonchev–Trinajstić information content (AvgIpc) is 3.33. The summed E-state index contributed by atoms with van der Waals surface area (Å²) < 4.78 is 51.3. The molecule has 3 aliphatic rings. The summed E-state index contributed by atoms with van der Waals surface area (Å²) in [5, 5.41) is 3.74. The van der Waals surface area contributed by atoms with Gasteiger partial charge in [0.25, 0.3) is 0 Å². The number of aryl methyl sites for hydroxylation is 1. The molecule has 2 aliphatic heterocycles. The SMILES string of the molecule is O=C(CCn1nc(C(F)(F)F)cc1C1CC1)N1CCN(Cc2ccc3c(c2)OCO3)CC1. The minimum atomic E-state index is -4.47. The van der Waals surface area contributed by atoms with Crippen molar-refractivity contribution in [2.75, 3.05) is 33.0 Å². The topological polar surface area (TPSA) is 59.8 Å². The molecule has 1 saturated heterocycles. The van der Waals surface area contributed by atoms with Gasteiger partial charge in [0.1, 0.15) is 0 Å². The van der Waals surface area contributed by atoms with Crippen LogP contribution in [0.1, 0.15) is 42.1 Å². The molecular weight excluding hydrogens is 425 g/mol. The zero-order chi connectivity index (χ0) is 22.3. The maximum absolute atomic E-state index is 13.0. The van der Waals surface area contributed by atoms with Crippen LogP contribution in [0.4, 0.5) is 13.2 Å². The number of hydrogen-bond acceptors (Lipinski definition) is 5. The van der Waals surface area contributed by atoms with E-state index in [4.69, 9.17) is 9.47 Å². The summed E-state index contributed by atoms with van der Waals surface area (Å²) in [6.45, 7) is 3.88. The van der Waals surface area contributed by atoms with Gasteiger partial charge in [-0.05, 0) is 36.6 Å². The third-order valence-electron chi connectivity index (χ3n) is 6.20. The predicted octanol–water partition coefficient (Wildman–Crippen LogP) is 3.24. The van der Waals surface area contributed by atoms with Crippen molar-refractivity contribution in [3.8, 4) is 11.5 Å². The smallest absolute Gasteiger partial charge is 0.435 e. The van der Waals surface area contributed by atoms with Gasteiger partial charge in [0, 0.05) is 57.3 Å². The molecule has 172 valence electrons. The van der Waals surface area contributed by atoms with E-state index in [0.29, 0.717) is 18.8 Å². The number of ether oxygens (including phenoxy) is 2. The van der Waals surface area contributed by atoms with Crippen molar-refractivity contribution in [2.24, 2.45) is 0 Å². The molecule has 0 spiro atoms. The van der Waals surface area contributed by atoms with E-state index in [9.17, 15) is 18.0 Å². The molecule has 32 heavy (non-hydrogen) atoms. The molecule has 3 heterocycles. The number of alkyl halides is 3. The molecule has 0 unspecified atom stereocenters. The molecule has 10 heteroatoms. The maximum Gasteiger partial charge on any atom is 0.435 e. The first-order valence-electron chi connectivity index (χ1n) is 10.9. The van der Waals surface area contributed by atoms with Gasteiger partial charge in [0.2, 0.25) is 12.7 Å². The van der Waals surface area contributed by atoms with Gasteiger partial charge in [-0.2, -0.15) is 18.3 Å². The molecule has 2 aromatic rings. The largest absolute Gasteiger partial charge is 0.454 e. The molecule has 1 aromatic heterocycles. The van der Waals surface area contributed by atoms with Crippen LogP contribution in [0.2, 0.25) is 0 Å². The molecular formula is C22H25F3N4O3. The first kappa shape index (κ1) is 21.1. The van der Waals surface area contributed by atoms with Crippen LogP contribution in [0.25, 0.3) is 0 Å². The number of amides is 1. The van der Waals surface area contributed by atoms with Crippen molar-refractivity contribution >= 4 is 5.91 Å². The van der Waals surface area contributed by atoms with Crippen molar-refractivity contribution < 1.29 is 27.4 Å². The van der Waals surface area contributed by atoms with Gasteiger partial charge in [-0.15, -0.1) is 0 Å². The monoisotopic (exact) mass is 450 g/mol. The standard InChI is InChI=1S/C22H25F3N4O3/c23-22(24,25)20-12-17(16-2-3-16)29(26-20)6-5-21(30)28-9-7-27(8-10-28)13-15-1-4-18-19(11-15)32-14-31-18/h1,4,11-12,16H,2-3,5-10,13-14H2. The second-order valence-corrected chi connectivity index (χ2v) is 8.54. The van der Waals surface area contributed by atoms with Crippen molar-refractivity contribution in [2.45, 2.75) is 44.4 Å². The van der Waals surface area contributed by atoms with Crippen molar-refractivity contribution in [1.29, 1.82) is 0 Å². The summed E-state index contributed by atoms with van der Waals surface area (Å²) in [5.41, 5.74) is 0.850. The average molecular weight is 450 g/mol. The highest BCUT2D eigenvalue weighted by molar-refractivity contribution is 5.76. The second kappa shape index (κ2) is 8.31. The van der Waals surface area contributed by atoms with Crippen LogP contribution in [0.3, 0.4) is 0 Å². The number of fused-ring (bicyclic) bond motifs is 1. The Balaban J connectivity index is 1.12. The molecule has 0 N–H and O–H groups in total. The fourth-order valence-electron chi connectivity index (χ4n) is 4.27. The van der Waals surface area contributed by atoms with Crippen LogP contribution in [0.15, 0.2) is 24.3 Å². The highest BCUT2D eigenvalue weighted by Gasteiger charge is 2.38. The van der Waals surface area contributed by atoms with E-state index in [1.165, 1.54) is 4.68 Å². The lowest BCUT2D eigenvalue weighted by molar-refractivity contribution is -0.141. The second-order valence-electron chi connectivity index (χ2n) is 8.54. The molecule has 0 radical (unpaired) electrons. The van der Waals surface area contributed by atoms with Crippen LogP contribution >= 0.6 is 0 Å². The van der Waals surface area contributed by atoms with E-state index in [1.54, 1.807) is 4.90 Å². The van der Waals surface area contributed by atoms with Crippen LogP contribution in [-0.4, -0.2) is 58.5 Å². The lowest BCUT2D eigenvalue weighted by Gasteiger charge is -2.35. The van der Waals surface area contributed by atoms with E-state index < -0.39 is 11.9 Å². The summed E-state index contributed by atoms with van der Waals surface area (Å²) in [4.78, 5) is 16.7. The number of benzene rings is 1. The first-order valence-corrected chi connectivity index (χ1v) is 10.9. The number of halogens is 3. The Bertz CT molecular complexity index is 995. The number of hydrogen-bond donors (Lipinski definition) is 0. The molecule has 7 nitrogen and oxygen atoms in total. The molecule has 5 rings (SSSR count). The highest BCUT2D eigenvalue weighted by Crippen LogP contribution is 2.42. The molecule has 2 fully saturated rings. The van der Waals surface area contributed by atoms with Crippen LogP contribution in [0.5, 0.6) is 11.5 Å². The van der Waals surface area contributed by atoms with Crippen molar-refractivity contribution in [3.63, 3.8) is 0 Å². The molecule has 1 saturated carbocycles. The Morgan fingerprint density at radius 2 is 1.81 bits per heavy atom. The summed E-state index contributed by atoms with van der Waals surface area (Å²) >= 11 is 0. The van der Waals surface area contributed by atoms with Crippen LogP contribution < -0.4 is 9.47 Å². The van der Waals surface area contributed by atoms with Crippen molar-refractivity contribution in [3.05, 3.63) is 41.2 Å². The van der Waals surface area contributed by atoms with Gasteiger partial charge in [0.15, 0.2) is 17.2 Å². The lowest BCUT2D eigenvalue weighted by Crippen LogP contribution is -2.48. The van der Waals surface area contributed by atoms with Crippen LogP contribution in [-0.2, 0) is 24.1 Å². The summed E-state index contributed by atoms with van der Waals surface area (Å²) in [6, 6.07) is 7.04. The number of carbonyl (C=O) groups is 1. The quantitative estimate of drug-likeness (QED) is 0.676. The van der Waals surface area contributed by atoms with Gasteiger partial charge in [-0.25, -0.2) is 0 Å². The number of nitrogens with zero attached hydrogens (tertiary/aromatic N) is 4. The Kier molecular flexibility index (Phi) is 5.48. The van der Waals surface area contributed by atoms with Gasteiger partial charge in [0.05, 0.1) is 0 Å². The summed E-state index contributed by atoms with van der Waals surface area (Å²) in [6.07, 6.45) is -2.56. The van der Waals surface area contributed by atoms with Crippen LogP contribution in [0, 0.1) is 0 Å². The first-order chi connectivity index (χ1) is 15.4. The van der Waals surface area contributed by atoms with E-state index in [2.05, 4.69) is 10.00 Å². The molecule has 1 aromatic carbocycles. The van der Waals surface area contributed by atoms with Gasteiger partial charge in [-0.1, -0.05) is 6.07 Å². The zero-order valence-electron chi connectivity index (χ0n) is 17.6. The minimum Gasteiger partial charge on any atom is -0.454 e.